The Kier molecular flexibility index (Phi) is 3.48. The Balaban J connectivity index is 1.94. The molecule has 0 bridgehead atoms. The van der Waals surface area contributed by atoms with E-state index in [4.69, 9.17) is 10.5 Å². The number of benzene rings is 1. The molecule has 1 aliphatic rings. The summed E-state index contributed by atoms with van der Waals surface area (Å²) in [6, 6.07) is 10.4. The van der Waals surface area contributed by atoms with Gasteiger partial charge >= 0.3 is 0 Å². The fourth-order valence-electron chi connectivity index (χ4n) is 3.43. The lowest BCUT2D eigenvalue weighted by Crippen LogP contribution is -2.30. The van der Waals surface area contributed by atoms with Gasteiger partial charge in [-0.3, -0.25) is 4.98 Å². The molecule has 2 heterocycles. The molecule has 1 aromatic carbocycles. The fraction of sp³-hybridized carbons (Fsp3) is 0.471. The van der Waals surface area contributed by atoms with Gasteiger partial charge in [-0.15, -0.1) is 0 Å². The number of ether oxygens (including phenoxy) is 1. The third-order valence-electron chi connectivity index (χ3n) is 4.75. The number of rotatable bonds is 2. The highest BCUT2D eigenvalue weighted by molar-refractivity contribution is 5.79. The first-order valence-corrected chi connectivity index (χ1v) is 7.33. The molecule has 0 amide bonds. The molecule has 0 aliphatic carbocycles. The van der Waals surface area contributed by atoms with Gasteiger partial charge in [-0.2, -0.15) is 0 Å². The van der Waals surface area contributed by atoms with Crippen molar-refractivity contribution in [2.75, 3.05) is 0 Å². The number of nitrogens with zero attached hydrogens (tertiary/aromatic N) is 1. The van der Waals surface area contributed by atoms with Gasteiger partial charge < -0.3 is 10.5 Å². The van der Waals surface area contributed by atoms with Crippen LogP contribution in [-0.4, -0.2) is 17.2 Å². The molecular formula is C17H22N2O. The van der Waals surface area contributed by atoms with E-state index in [-0.39, 0.29) is 18.2 Å². The van der Waals surface area contributed by atoms with Gasteiger partial charge in [0.05, 0.1) is 17.7 Å². The minimum Gasteiger partial charge on any atom is -0.375 e. The quantitative estimate of drug-likeness (QED) is 0.911. The third kappa shape index (κ3) is 2.21. The summed E-state index contributed by atoms with van der Waals surface area (Å²) in [4.78, 5) is 4.42. The molecule has 20 heavy (non-hydrogen) atoms. The summed E-state index contributed by atoms with van der Waals surface area (Å²) in [7, 11) is 0. The van der Waals surface area contributed by atoms with E-state index in [2.05, 4.69) is 50.0 Å². The first-order valence-electron chi connectivity index (χ1n) is 7.33. The van der Waals surface area contributed by atoms with Gasteiger partial charge in [0.1, 0.15) is 0 Å². The van der Waals surface area contributed by atoms with E-state index in [0.29, 0.717) is 11.8 Å². The summed E-state index contributed by atoms with van der Waals surface area (Å²) in [5.74, 6) is 0.825. The summed E-state index contributed by atoms with van der Waals surface area (Å²) in [5, 5.41) is 1.15. The highest BCUT2D eigenvalue weighted by Crippen LogP contribution is 2.39. The van der Waals surface area contributed by atoms with Crippen molar-refractivity contribution in [1.29, 1.82) is 0 Å². The van der Waals surface area contributed by atoms with Crippen molar-refractivity contribution in [3.8, 4) is 0 Å². The SMILES string of the molecule is CC1OC(C)C(C(N)c2ccc3cccnc3c2)C1C. The molecule has 1 fully saturated rings. The predicted octanol–water partition coefficient (Wildman–Crippen LogP) is 3.29. The van der Waals surface area contributed by atoms with E-state index in [1.165, 1.54) is 0 Å². The van der Waals surface area contributed by atoms with Crippen molar-refractivity contribution in [2.24, 2.45) is 17.6 Å². The average molecular weight is 270 g/mol. The summed E-state index contributed by atoms with van der Waals surface area (Å²) in [6.45, 7) is 6.50. The molecule has 0 radical (unpaired) electrons. The van der Waals surface area contributed by atoms with Crippen LogP contribution in [0.5, 0.6) is 0 Å². The van der Waals surface area contributed by atoms with Gasteiger partial charge in [-0.1, -0.05) is 25.1 Å². The Labute approximate surface area is 120 Å². The Bertz CT molecular complexity index is 613. The first-order chi connectivity index (χ1) is 9.58. The van der Waals surface area contributed by atoms with Crippen LogP contribution in [0, 0.1) is 11.8 Å². The van der Waals surface area contributed by atoms with Gasteiger partial charge in [0.2, 0.25) is 0 Å². The van der Waals surface area contributed by atoms with Crippen LogP contribution < -0.4 is 5.73 Å². The van der Waals surface area contributed by atoms with Crippen LogP contribution in [0.4, 0.5) is 0 Å². The van der Waals surface area contributed by atoms with E-state index in [0.717, 1.165) is 16.5 Å². The second-order valence-electron chi connectivity index (χ2n) is 5.96. The number of pyridine rings is 1. The normalized spacial score (nSPS) is 31.6. The molecule has 1 saturated heterocycles. The van der Waals surface area contributed by atoms with Gasteiger partial charge in [0.15, 0.2) is 0 Å². The second kappa shape index (κ2) is 5.15. The standard InChI is InChI=1S/C17H22N2O/c1-10-11(2)20-12(3)16(10)17(18)14-7-6-13-5-4-8-19-15(13)9-14/h4-12,16-17H,18H2,1-3H3. The van der Waals surface area contributed by atoms with E-state index in [9.17, 15) is 0 Å². The Morgan fingerprint density at radius 1 is 1.15 bits per heavy atom. The molecule has 1 aromatic heterocycles. The molecule has 5 unspecified atom stereocenters. The smallest absolute Gasteiger partial charge is 0.0705 e. The predicted molar refractivity (Wildman–Crippen MR) is 81.3 cm³/mol. The summed E-state index contributed by atoms with van der Waals surface area (Å²) >= 11 is 0. The molecule has 1 aliphatic heterocycles. The minimum absolute atomic E-state index is 0.00337. The zero-order valence-corrected chi connectivity index (χ0v) is 12.3. The van der Waals surface area contributed by atoms with Crippen LogP contribution in [0.1, 0.15) is 32.4 Å². The van der Waals surface area contributed by atoms with Crippen LogP contribution in [0.15, 0.2) is 36.5 Å². The molecule has 2 aromatic rings. The number of hydrogen-bond acceptors (Lipinski definition) is 3. The zero-order valence-electron chi connectivity index (χ0n) is 12.3. The number of aromatic nitrogens is 1. The molecule has 0 spiro atoms. The topological polar surface area (TPSA) is 48.1 Å². The Hall–Kier alpha value is -1.45. The number of nitrogens with two attached hydrogens (primary N) is 1. The molecule has 0 saturated carbocycles. The highest BCUT2D eigenvalue weighted by Gasteiger charge is 2.40. The first kappa shape index (κ1) is 13.5. The van der Waals surface area contributed by atoms with Gasteiger partial charge in [0.25, 0.3) is 0 Å². The zero-order chi connectivity index (χ0) is 14.3. The maximum Gasteiger partial charge on any atom is 0.0705 e. The monoisotopic (exact) mass is 270 g/mol. The van der Waals surface area contributed by atoms with Crippen molar-refractivity contribution in [3.05, 3.63) is 42.1 Å². The molecule has 106 valence electrons. The average Bonchev–Trinajstić information content (AvgIpc) is 2.71. The van der Waals surface area contributed by atoms with Crippen LogP contribution in [0.2, 0.25) is 0 Å². The van der Waals surface area contributed by atoms with Gasteiger partial charge in [-0.05, 0) is 37.5 Å². The van der Waals surface area contributed by atoms with E-state index in [1.807, 2.05) is 12.3 Å². The third-order valence-corrected chi connectivity index (χ3v) is 4.75. The maximum atomic E-state index is 6.53. The molecule has 5 atom stereocenters. The molecular weight excluding hydrogens is 248 g/mol. The largest absolute Gasteiger partial charge is 0.375 e. The molecule has 3 rings (SSSR count). The molecule has 2 N–H and O–H groups in total. The lowest BCUT2D eigenvalue weighted by Gasteiger charge is -2.26. The summed E-state index contributed by atoms with van der Waals surface area (Å²) in [6.07, 6.45) is 2.30. The van der Waals surface area contributed by atoms with E-state index < -0.39 is 0 Å². The molecule has 3 heteroatoms. The molecule has 3 nitrogen and oxygen atoms in total. The van der Waals surface area contributed by atoms with Crippen LogP contribution >= 0.6 is 0 Å². The summed E-state index contributed by atoms with van der Waals surface area (Å²) < 4.78 is 5.92. The highest BCUT2D eigenvalue weighted by atomic mass is 16.5. The number of fused-ring (bicyclic) bond motifs is 1. The Morgan fingerprint density at radius 3 is 2.65 bits per heavy atom. The van der Waals surface area contributed by atoms with E-state index >= 15 is 0 Å². The van der Waals surface area contributed by atoms with Crippen molar-refractivity contribution in [3.63, 3.8) is 0 Å². The van der Waals surface area contributed by atoms with Crippen LogP contribution in [-0.2, 0) is 4.74 Å². The maximum absolute atomic E-state index is 6.53. The lowest BCUT2D eigenvalue weighted by atomic mass is 9.81. The van der Waals surface area contributed by atoms with Crippen molar-refractivity contribution >= 4 is 10.9 Å². The van der Waals surface area contributed by atoms with E-state index in [1.54, 1.807) is 0 Å². The minimum atomic E-state index is -0.00337. The lowest BCUT2D eigenvalue weighted by molar-refractivity contribution is 0.0489. The van der Waals surface area contributed by atoms with Gasteiger partial charge in [0, 0.05) is 23.5 Å². The van der Waals surface area contributed by atoms with Gasteiger partial charge in [-0.25, -0.2) is 0 Å². The Morgan fingerprint density at radius 2 is 1.95 bits per heavy atom. The summed E-state index contributed by atoms with van der Waals surface area (Å²) in [5.41, 5.74) is 8.68. The van der Waals surface area contributed by atoms with Crippen molar-refractivity contribution in [2.45, 2.75) is 39.0 Å². The van der Waals surface area contributed by atoms with Crippen molar-refractivity contribution in [1.82, 2.24) is 4.98 Å². The van der Waals surface area contributed by atoms with Crippen molar-refractivity contribution < 1.29 is 4.74 Å². The number of hydrogen-bond donors (Lipinski definition) is 1. The second-order valence-corrected chi connectivity index (χ2v) is 5.96. The fourth-order valence-corrected chi connectivity index (χ4v) is 3.43. The van der Waals surface area contributed by atoms with Crippen LogP contribution in [0.25, 0.3) is 10.9 Å². The van der Waals surface area contributed by atoms with Crippen LogP contribution in [0.3, 0.4) is 0 Å².